The van der Waals surface area contributed by atoms with Crippen molar-refractivity contribution in [3.8, 4) is 0 Å². The number of hydrogen-bond acceptors (Lipinski definition) is 6. The van der Waals surface area contributed by atoms with Gasteiger partial charge >= 0.3 is 6.09 Å². The van der Waals surface area contributed by atoms with Crippen molar-refractivity contribution < 1.29 is 33.4 Å². The minimum atomic E-state index is -1.76. The number of benzene rings is 3. The number of ether oxygens (including phenoxy) is 2. The average Bonchev–Trinajstić information content (AvgIpc) is 3.69. The first kappa shape index (κ1) is 31.3. The van der Waals surface area contributed by atoms with Crippen LogP contribution in [0, 0.1) is 11.8 Å². The number of aliphatic hydroxyl groups is 1. The number of halogens is 1. The molecule has 1 N–H and O–H groups in total. The summed E-state index contributed by atoms with van der Waals surface area (Å²) in [5.41, 5.74) is 1.68. The number of para-hydroxylation sites is 1. The molecular formula is C37H40FN3O6. The number of amides is 3. The fourth-order valence-electron chi connectivity index (χ4n) is 8.32. The van der Waals surface area contributed by atoms with E-state index in [-0.39, 0.29) is 31.4 Å². The lowest BCUT2D eigenvalue weighted by Gasteiger charge is -2.37. The zero-order valence-electron chi connectivity index (χ0n) is 26.9. The second-order valence-corrected chi connectivity index (χ2v) is 13.7. The number of anilines is 2. The van der Waals surface area contributed by atoms with Crippen LogP contribution >= 0.6 is 0 Å². The Morgan fingerprint density at radius 3 is 2.51 bits per heavy atom. The molecule has 1 spiro atoms. The summed E-state index contributed by atoms with van der Waals surface area (Å²) in [7, 11) is 0. The Bertz CT molecular complexity index is 1720. The Kier molecular flexibility index (Phi) is 7.83. The number of hydrogen-bond donors (Lipinski definition) is 1. The third-order valence-corrected chi connectivity index (χ3v) is 10.5. The van der Waals surface area contributed by atoms with E-state index < -0.39 is 41.3 Å². The maximum atomic E-state index is 16.2. The molecule has 4 heterocycles. The van der Waals surface area contributed by atoms with E-state index in [0.29, 0.717) is 43.1 Å². The van der Waals surface area contributed by atoms with Crippen LogP contribution in [0.3, 0.4) is 0 Å². The van der Waals surface area contributed by atoms with Gasteiger partial charge in [0.25, 0.3) is 5.91 Å². The largest absolute Gasteiger partial charge is 0.447 e. The van der Waals surface area contributed by atoms with Crippen molar-refractivity contribution >= 4 is 29.3 Å². The molecule has 4 aliphatic heterocycles. The number of alkyl halides is 1. The topological polar surface area (TPSA) is 99.6 Å². The van der Waals surface area contributed by atoms with Gasteiger partial charge in [0.05, 0.1) is 44.0 Å². The summed E-state index contributed by atoms with van der Waals surface area (Å²) in [5, 5.41) is 10.2. The lowest BCUT2D eigenvalue weighted by atomic mass is 9.71. The van der Waals surface area contributed by atoms with Crippen molar-refractivity contribution in [1.82, 2.24) is 4.90 Å². The maximum absolute atomic E-state index is 16.2. The normalized spacial score (nSPS) is 27.0. The van der Waals surface area contributed by atoms with Gasteiger partial charge < -0.3 is 24.4 Å². The first-order chi connectivity index (χ1) is 22.5. The summed E-state index contributed by atoms with van der Waals surface area (Å²) >= 11 is 0. The zero-order valence-corrected chi connectivity index (χ0v) is 26.9. The van der Waals surface area contributed by atoms with Gasteiger partial charge in [-0.25, -0.2) is 9.18 Å². The fraction of sp³-hybridized carbons (Fsp3) is 0.432. The summed E-state index contributed by atoms with van der Waals surface area (Å²) in [6.07, 6.45) is -0.873. The highest BCUT2D eigenvalue weighted by Gasteiger charge is 2.66. The van der Waals surface area contributed by atoms with E-state index in [1.807, 2.05) is 79.7 Å². The van der Waals surface area contributed by atoms with Gasteiger partial charge in [-0.15, -0.1) is 0 Å². The van der Waals surface area contributed by atoms with Gasteiger partial charge in [0.15, 0.2) is 5.60 Å². The molecule has 5 atom stereocenters. The molecule has 2 saturated heterocycles. The predicted octanol–water partition coefficient (Wildman–Crippen LogP) is 5.12. The molecule has 246 valence electrons. The lowest BCUT2D eigenvalue weighted by Crippen LogP contribution is -2.48. The Balaban J connectivity index is 1.20. The maximum Gasteiger partial charge on any atom is 0.414 e. The van der Waals surface area contributed by atoms with Gasteiger partial charge in [-0.3, -0.25) is 14.5 Å². The van der Waals surface area contributed by atoms with Crippen molar-refractivity contribution in [2.45, 2.75) is 70.1 Å². The number of cyclic esters (lactones) is 1. The van der Waals surface area contributed by atoms with E-state index in [4.69, 9.17) is 9.47 Å². The minimum Gasteiger partial charge on any atom is -0.447 e. The highest BCUT2D eigenvalue weighted by atomic mass is 19.1. The molecule has 47 heavy (non-hydrogen) atoms. The van der Waals surface area contributed by atoms with E-state index >= 15 is 4.39 Å². The highest BCUT2D eigenvalue weighted by Crippen LogP contribution is 2.58. The number of carbonyl (C=O) groups excluding carboxylic acids is 3. The number of rotatable bonds is 7. The minimum absolute atomic E-state index is 0.119. The van der Waals surface area contributed by atoms with Gasteiger partial charge in [-0.1, -0.05) is 61.5 Å². The van der Waals surface area contributed by atoms with E-state index in [1.165, 1.54) is 13.8 Å². The molecule has 0 aromatic heterocycles. The van der Waals surface area contributed by atoms with E-state index in [0.717, 1.165) is 16.7 Å². The highest BCUT2D eigenvalue weighted by molar-refractivity contribution is 6.07. The molecular weight excluding hydrogens is 601 g/mol. The Morgan fingerprint density at radius 1 is 1.04 bits per heavy atom. The smallest absolute Gasteiger partial charge is 0.414 e. The quantitative estimate of drug-likeness (QED) is 0.385. The van der Waals surface area contributed by atoms with E-state index in [9.17, 15) is 19.5 Å². The molecule has 7 rings (SSSR count). The third-order valence-electron chi connectivity index (χ3n) is 10.5. The van der Waals surface area contributed by atoms with E-state index in [2.05, 4.69) is 0 Å². The monoisotopic (exact) mass is 641 g/mol. The van der Waals surface area contributed by atoms with Gasteiger partial charge in [0.2, 0.25) is 5.91 Å². The molecule has 3 aromatic carbocycles. The van der Waals surface area contributed by atoms with Crippen molar-refractivity contribution in [2.75, 3.05) is 29.6 Å². The molecule has 0 aliphatic carbocycles. The number of aliphatic hydroxyl groups excluding tert-OH is 1. The molecule has 10 heteroatoms. The van der Waals surface area contributed by atoms with Crippen LogP contribution in [0.15, 0.2) is 72.8 Å². The summed E-state index contributed by atoms with van der Waals surface area (Å²) in [6.45, 7) is 5.96. The molecule has 3 aromatic rings. The third kappa shape index (κ3) is 5.18. The van der Waals surface area contributed by atoms with E-state index in [1.54, 1.807) is 14.7 Å². The second-order valence-electron chi connectivity index (χ2n) is 13.7. The SMILES string of the molecule is C[C@H]1[C@H](C(C)(C)F)[C@@H](CC(=O)N2Cc3ccccc3C[C@H]2CO)O[C@]12C(=O)N(Cc1cccc(N3CCOC3=O)c1)c1ccccc12. The van der Waals surface area contributed by atoms with Crippen molar-refractivity contribution in [2.24, 2.45) is 11.8 Å². The first-order valence-corrected chi connectivity index (χ1v) is 16.3. The average molecular weight is 642 g/mol. The van der Waals surface area contributed by atoms with Crippen LogP contribution in [0.2, 0.25) is 0 Å². The molecule has 0 saturated carbocycles. The summed E-state index contributed by atoms with van der Waals surface area (Å²) in [6, 6.07) is 22.3. The van der Waals surface area contributed by atoms with Crippen LogP contribution in [-0.2, 0) is 44.2 Å². The number of nitrogens with zero attached hydrogens (tertiary/aromatic N) is 3. The Labute approximate surface area is 273 Å². The first-order valence-electron chi connectivity index (χ1n) is 16.3. The van der Waals surface area contributed by atoms with Crippen LogP contribution in [0.1, 0.15) is 49.4 Å². The molecule has 3 amide bonds. The van der Waals surface area contributed by atoms with Gasteiger partial charge in [0.1, 0.15) is 12.3 Å². The summed E-state index contributed by atoms with van der Waals surface area (Å²) < 4.78 is 28.1. The predicted molar refractivity (Wildman–Crippen MR) is 173 cm³/mol. The second kappa shape index (κ2) is 11.8. The van der Waals surface area contributed by atoms with Crippen LogP contribution in [0.25, 0.3) is 0 Å². The zero-order chi connectivity index (χ0) is 33.1. The van der Waals surface area contributed by atoms with Crippen LogP contribution in [0.5, 0.6) is 0 Å². The molecule has 4 aliphatic rings. The number of carbonyl (C=O) groups is 3. The molecule has 0 unspecified atom stereocenters. The molecule has 2 fully saturated rings. The van der Waals surface area contributed by atoms with Crippen LogP contribution in [0.4, 0.5) is 20.6 Å². The Morgan fingerprint density at radius 2 is 1.79 bits per heavy atom. The summed E-state index contributed by atoms with van der Waals surface area (Å²) in [4.78, 5) is 45.8. The van der Waals surface area contributed by atoms with Crippen molar-refractivity contribution in [1.29, 1.82) is 0 Å². The van der Waals surface area contributed by atoms with Crippen molar-refractivity contribution in [3.05, 3.63) is 95.1 Å². The summed E-state index contributed by atoms with van der Waals surface area (Å²) in [5.74, 6) is -1.91. The lowest BCUT2D eigenvalue weighted by molar-refractivity contribution is -0.151. The van der Waals surface area contributed by atoms with Gasteiger partial charge in [0, 0.05) is 29.6 Å². The fourth-order valence-corrected chi connectivity index (χ4v) is 8.32. The molecule has 0 radical (unpaired) electrons. The van der Waals surface area contributed by atoms with Gasteiger partial charge in [-0.05, 0) is 55.2 Å². The molecule has 0 bridgehead atoms. The molecule has 9 nitrogen and oxygen atoms in total. The number of fused-ring (bicyclic) bond motifs is 3. The van der Waals surface area contributed by atoms with Crippen LogP contribution < -0.4 is 9.80 Å². The Hall–Kier alpha value is -4.28. The van der Waals surface area contributed by atoms with Crippen molar-refractivity contribution in [3.63, 3.8) is 0 Å². The van der Waals surface area contributed by atoms with Crippen LogP contribution in [-0.4, -0.2) is 65.5 Å². The van der Waals surface area contributed by atoms with Gasteiger partial charge in [-0.2, -0.15) is 0 Å². The standard InChI is InChI=1S/C37H40FN3O6/c1-23-33(36(2,3)38)31(19-32(43)40-21-26-11-5-4-10-25(26)18-28(40)22-42)47-37(23)29-13-6-7-14-30(29)41(34(37)44)20-24-9-8-12-27(17-24)39-15-16-46-35(39)45/h4-14,17,23,28,31,33,42H,15-16,18-22H2,1-3H3/t23-,28-,31+,33-,37+/m0/s1.